The van der Waals surface area contributed by atoms with E-state index < -0.39 is 5.82 Å². The molecule has 0 amide bonds. The van der Waals surface area contributed by atoms with Crippen LogP contribution in [0, 0.1) is 19.7 Å². The second-order valence-electron chi connectivity index (χ2n) is 3.59. The number of aromatic nitrogens is 2. The second kappa shape index (κ2) is 3.89. The molecule has 0 aliphatic rings. The Morgan fingerprint density at radius 3 is 2.69 bits per heavy atom. The number of hydrogen-bond acceptors (Lipinski definition) is 2. The van der Waals surface area contributed by atoms with Gasteiger partial charge in [-0.1, -0.05) is 6.07 Å². The lowest BCUT2D eigenvalue weighted by atomic mass is 10.2. The number of carbonyl (C=O) groups excluding carboxylic acids is 1. The van der Waals surface area contributed by atoms with Gasteiger partial charge in [-0.25, -0.2) is 9.37 Å². The molecule has 0 fully saturated rings. The van der Waals surface area contributed by atoms with Gasteiger partial charge in [0.2, 0.25) is 0 Å². The molecule has 0 radical (unpaired) electrons. The molecular formula is C12H11FN2O. The van der Waals surface area contributed by atoms with Gasteiger partial charge in [0.05, 0.1) is 16.9 Å². The van der Waals surface area contributed by atoms with Crippen molar-refractivity contribution in [3.63, 3.8) is 0 Å². The van der Waals surface area contributed by atoms with Crippen LogP contribution < -0.4 is 0 Å². The van der Waals surface area contributed by atoms with Crippen LogP contribution in [0.2, 0.25) is 0 Å². The topological polar surface area (TPSA) is 34.9 Å². The normalized spacial score (nSPS) is 10.4. The van der Waals surface area contributed by atoms with Crippen LogP contribution in [0.25, 0.3) is 5.69 Å². The van der Waals surface area contributed by atoms with Crippen molar-refractivity contribution in [2.45, 2.75) is 13.8 Å². The number of aldehydes is 1. The van der Waals surface area contributed by atoms with Gasteiger partial charge in [0.1, 0.15) is 11.6 Å². The third kappa shape index (κ3) is 1.62. The van der Waals surface area contributed by atoms with E-state index in [1.165, 1.54) is 6.07 Å². The number of carbonyl (C=O) groups is 1. The summed E-state index contributed by atoms with van der Waals surface area (Å²) in [6.07, 6.45) is 2.30. The Bertz CT molecular complexity index is 546. The Balaban J connectivity index is 2.68. The quantitative estimate of drug-likeness (QED) is 0.725. The lowest BCUT2D eigenvalue weighted by molar-refractivity contribution is 0.112. The molecule has 0 atom stereocenters. The summed E-state index contributed by atoms with van der Waals surface area (Å²) in [7, 11) is 0. The fourth-order valence-electron chi connectivity index (χ4n) is 1.71. The van der Waals surface area contributed by atoms with Crippen molar-refractivity contribution in [1.82, 2.24) is 9.55 Å². The molecule has 1 heterocycles. The Morgan fingerprint density at radius 1 is 1.38 bits per heavy atom. The van der Waals surface area contributed by atoms with Crippen LogP contribution in [0.5, 0.6) is 0 Å². The minimum atomic E-state index is -0.516. The van der Waals surface area contributed by atoms with Gasteiger partial charge < -0.3 is 4.57 Å². The average Bonchev–Trinajstić information content (AvgIpc) is 2.57. The van der Waals surface area contributed by atoms with Crippen LogP contribution in [0.15, 0.2) is 24.4 Å². The van der Waals surface area contributed by atoms with Crippen molar-refractivity contribution < 1.29 is 9.18 Å². The van der Waals surface area contributed by atoms with E-state index in [0.717, 1.165) is 11.5 Å². The summed E-state index contributed by atoms with van der Waals surface area (Å²) in [6.45, 7) is 3.66. The summed E-state index contributed by atoms with van der Waals surface area (Å²) in [4.78, 5) is 15.1. The summed E-state index contributed by atoms with van der Waals surface area (Å²) in [5, 5.41) is 0. The molecule has 0 N–H and O–H groups in total. The number of hydrogen-bond donors (Lipinski definition) is 0. The predicted octanol–water partition coefficient (Wildman–Crippen LogP) is 2.44. The molecule has 0 spiro atoms. The molecule has 2 aromatic rings. The predicted molar refractivity (Wildman–Crippen MR) is 58.4 cm³/mol. The summed E-state index contributed by atoms with van der Waals surface area (Å²) in [5.74, 6) is 0.212. The molecule has 0 unspecified atom stereocenters. The van der Waals surface area contributed by atoms with E-state index in [9.17, 15) is 9.18 Å². The maximum absolute atomic E-state index is 13.4. The molecular weight excluding hydrogens is 207 g/mol. The highest BCUT2D eigenvalue weighted by Crippen LogP contribution is 2.18. The first-order valence-electron chi connectivity index (χ1n) is 4.90. The molecule has 1 aromatic carbocycles. The lowest BCUT2D eigenvalue weighted by Crippen LogP contribution is -2.02. The van der Waals surface area contributed by atoms with Crippen LogP contribution in [-0.4, -0.2) is 15.8 Å². The first-order valence-corrected chi connectivity index (χ1v) is 4.90. The summed E-state index contributed by atoms with van der Waals surface area (Å²) in [6, 6.07) is 4.54. The molecule has 2 rings (SSSR count). The number of rotatable bonds is 2. The molecule has 82 valence electrons. The minimum absolute atomic E-state index is 0.0583. The number of aryl methyl sites for hydroxylation is 2. The van der Waals surface area contributed by atoms with Gasteiger partial charge in [-0.15, -0.1) is 0 Å². The van der Waals surface area contributed by atoms with Gasteiger partial charge in [0, 0.05) is 6.20 Å². The minimum Gasteiger partial charge on any atom is -0.303 e. The number of benzene rings is 1. The smallest absolute Gasteiger partial charge is 0.155 e. The molecule has 3 nitrogen and oxygen atoms in total. The maximum Gasteiger partial charge on any atom is 0.155 e. The first-order chi connectivity index (χ1) is 7.63. The van der Waals surface area contributed by atoms with Crippen molar-refractivity contribution in [2.75, 3.05) is 0 Å². The zero-order valence-corrected chi connectivity index (χ0v) is 9.07. The largest absolute Gasteiger partial charge is 0.303 e. The Hall–Kier alpha value is -1.97. The summed E-state index contributed by atoms with van der Waals surface area (Å²) in [5.41, 5.74) is 1.41. The standard InChI is InChI=1S/C12H11FN2O/c1-8-6-15(9(2)14-8)12-5-3-4-11(13)10(12)7-16/h3-7H,1-2H3. The SMILES string of the molecule is Cc1cn(-c2cccc(F)c2C=O)c(C)n1. The van der Waals surface area contributed by atoms with E-state index in [1.807, 2.05) is 13.8 Å². The Labute approximate surface area is 92.5 Å². The number of imidazole rings is 1. The van der Waals surface area contributed by atoms with Crippen LogP contribution in [-0.2, 0) is 0 Å². The maximum atomic E-state index is 13.4. The van der Waals surface area contributed by atoms with Gasteiger partial charge in [0.25, 0.3) is 0 Å². The molecule has 16 heavy (non-hydrogen) atoms. The molecule has 1 aromatic heterocycles. The van der Waals surface area contributed by atoms with Crippen molar-refractivity contribution in [2.24, 2.45) is 0 Å². The van der Waals surface area contributed by atoms with E-state index in [1.54, 1.807) is 22.9 Å². The van der Waals surface area contributed by atoms with Crippen LogP contribution >= 0.6 is 0 Å². The number of nitrogens with zero attached hydrogens (tertiary/aromatic N) is 2. The van der Waals surface area contributed by atoms with E-state index in [0.29, 0.717) is 12.0 Å². The highest BCUT2D eigenvalue weighted by molar-refractivity contribution is 5.81. The van der Waals surface area contributed by atoms with E-state index in [4.69, 9.17) is 0 Å². The van der Waals surface area contributed by atoms with E-state index in [-0.39, 0.29) is 5.56 Å². The zero-order chi connectivity index (χ0) is 11.7. The molecule has 4 heteroatoms. The van der Waals surface area contributed by atoms with Crippen molar-refractivity contribution in [3.05, 3.63) is 47.3 Å². The monoisotopic (exact) mass is 218 g/mol. The molecule has 0 aliphatic heterocycles. The summed E-state index contributed by atoms with van der Waals surface area (Å²) >= 11 is 0. The van der Waals surface area contributed by atoms with Gasteiger partial charge in [0.15, 0.2) is 6.29 Å². The fraction of sp³-hybridized carbons (Fsp3) is 0.167. The van der Waals surface area contributed by atoms with Crippen LogP contribution in [0.1, 0.15) is 21.9 Å². The Kier molecular flexibility index (Phi) is 2.56. The highest BCUT2D eigenvalue weighted by Gasteiger charge is 2.11. The molecule has 0 saturated heterocycles. The van der Waals surface area contributed by atoms with Gasteiger partial charge in [-0.2, -0.15) is 0 Å². The third-order valence-corrected chi connectivity index (χ3v) is 2.41. The Morgan fingerprint density at radius 2 is 2.12 bits per heavy atom. The van der Waals surface area contributed by atoms with Crippen LogP contribution in [0.4, 0.5) is 4.39 Å². The highest BCUT2D eigenvalue weighted by atomic mass is 19.1. The zero-order valence-electron chi connectivity index (χ0n) is 9.07. The average molecular weight is 218 g/mol. The van der Waals surface area contributed by atoms with Gasteiger partial charge >= 0.3 is 0 Å². The van der Waals surface area contributed by atoms with Gasteiger partial charge in [-0.05, 0) is 26.0 Å². The number of halogens is 1. The van der Waals surface area contributed by atoms with Crippen molar-refractivity contribution >= 4 is 6.29 Å². The fourth-order valence-corrected chi connectivity index (χ4v) is 1.71. The molecule has 0 bridgehead atoms. The molecule has 0 saturated carbocycles. The lowest BCUT2D eigenvalue weighted by Gasteiger charge is -2.07. The third-order valence-electron chi connectivity index (χ3n) is 2.41. The second-order valence-corrected chi connectivity index (χ2v) is 3.59. The first kappa shape index (κ1) is 10.5. The summed E-state index contributed by atoms with van der Waals surface area (Å²) < 4.78 is 15.1. The van der Waals surface area contributed by atoms with E-state index in [2.05, 4.69) is 4.98 Å². The van der Waals surface area contributed by atoms with E-state index >= 15 is 0 Å². The van der Waals surface area contributed by atoms with Crippen molar-refractivity contribution in [3.8, 4) is 5.69 Å². The van der Waals surface area contributed by atoms with Crippen molar-refractivity contribution in [1.29, 1.82) is 0 Å². The molecule has 0 aliphatic carbocycles. The van der Waals surface area contributed by atoms with Crippen LogP contribution in [0.3, 0.4) is 0 Å². The van der Waals surface area contributed by atoms with Gasteiger partial charge in [-0.3, -0.25) is 4.79 Å².